The second kappa shape index (κ2) is 9.30. The fraction of sp³-hybridized carbons (Fsp3) is 0.292. The Kier molecular flexibility index (Phi) is 6.72. The number of benzene rings is 2. The number of H-pyrrole nitrogens is 1. The highest BCUT2D eigenvalue weighted by atomic mass is 19.1. The molecule has 168 valence electrons. The van der Waals surface area contributed by atoms with E-state index in [-0.39, 0.29) is 0 Å². The molecule has 0 bridgehead atoms. The van der Waals surface area contributed by atoms with E-state index in [0.29, 0.717) is 16.6 Å². The predicted octanol–water partition coefficient (Wildman–Crippen LogP) is 4.32. The van der Waals surface area contributed by atoms with Gasteiger partial charge in [-0.2, -0.15) is 0 Å². The number of carbonyl (C=O) groups excluding carboxylic acids is 3. The summed E-state index contributed by atoms with van der Waals surface area (Å²) in [6, 6.07) is 9.09. The van der Waals surface area contributed by atoms with E-state index in [4.69, 9.17) is 4.74 Å². The Morgan fingerprint density at radius 3 is 2.19 bits per heavy atom. The molecule has 0 aliphatic rings. The SMILES string of the molecule is Cc1[nH]c2ccccc2c1C(=O)[C@@H](C)OC(=O)[C@H](NC(=O)c1c(F)cccc1F)C(C)C. The Morgan fingerprint density at radius 1 is 0.938 bits per heavy atom. The number of hydrogen-bond acceptors (Lipinski definition) is 4. The average molecular weight is 442 g/mol. The van der Waals surface area contributed by atoms with Gasteiger partial charge in [-0.1, -0.05) is 38.1 Å². The zero-order valence-electron chi connectivity index (χ0n) is 18.2. The van der Waals surface area contributed by atoms with Crippen molar-refractivity contribution >= 4 is 28.6 Å². The van der Waals surface area contributed by atoms with E-state index >= 15 is 0 Å². The van der Waals surface area contributed by atoms with Crippen LogP contribution < -0.4 is 5.32 Å². The van der Waals surface area contributed by atoms with Gasteiger partial charge in [-0.15, -0.1) is 0 Å². The summed E-state index contributed by atoms with van der Waals surface area (Å²) in [4.78, 5) is 41.3. The summed E-state index contributed by atoms with van der Waals surface area (Å²) in [7, 11) is 0. The van der Waals surface area contributed by atoms with Gasteiger partial charge in [-0.3, -0.25) is 9.59 Å². The van der Waals surface area contributed by atoms with Crippen molar-refractivity contribution in [3.63, 3.8) is 0 Å². The van der Waals surface area contributed by atoms with Crippen molar-refractivity contribution in [3.8, 4) is 0 Å². The topological polar surface area (TPSA) is 88.3 Å². The van der Waals surface area contributed by atoms with Gasteiger partial charge < -0.3 is 15.0 Å². The molecule has 0 fully saturated rings. The van der Waals surface area contributed by atoms with E-state index in [1.54, 1.807) is 32.9 Å². The first-order valence-corrected chi connectivity index (χ1v) is 10.2. The Morgan fingerprint density at radius 2 is 1.56 bits per heavy atom. The van der Waals surface area contributed by atoms with Crippen LogP contribution in [-0.4, -0.2) is 34.8 Å². The Bertz CT molecular complexity index is 1170. The Balaban J connectivity index is 1.77. The number of rotatable bonds is 7. The molecule has 6 nitrogen and oxygen atoms in total. The Labute approximate surface area is 184 Å². The number of ketones is 1. The van der Waals surface area contributed by atoms with E-state index < -0.39 is 52.9 Å². The third-order valence-corrected chi connectivity index (χ3v) is 5.20. The van der Waals surface area contributed by atoms with Gasteiger partial charge in [0, 0.05) is 22.2 Å². The molecule has 1 amide bonds. The van der Waals surface area contributed by atoms with Crippen LogP contribution in [0.2, 0.25) is 0 Å². The summed E-state index contributed by atoms with van der Waals surface area (Å²) >= 11 is 0. The monoisotopic (exact) mass is 442 g/mol. The van der Waals surface area contributed by atoms with E-state index in [1.165, 1.54) is 6.92 Å². The fourth-order valence-electron chi connectivity index (χ4n) is 3.52. The third-order valence-electron chi connectivity index (χ3n) is 5.20. The number of Topliss-reactive ketones (excluding diaryl/α,β-unsaturated/α-hetero) is 1. The quantitative estimate of drug-likeness (QED) is 0.421. The number of hydrogen-bond donors (Lipinski definition) is 2. The summed E-state index contributed by atoms with van der Waals surface area (Å²) in [6.45, 7) is 6.47. The minimum Gasteiger partial charge on any atom is -0.453 e. The number of aromatic nitrogens is 1. The van der Waals surface area contributed by atoms with Crippen LogP contribution in [0.1, 0.15) is 47.2 Å². The van der Waals surface area contributed by atoms with Crippen LogP contribution in [-0.2, 0) is 9.53 Å². The molecule has 1 aromatic heterocycles. The fourth-order valence-corrected chi connectivity index (χ4v) is 3.52. The highest BCUT2D eigenvalue weighted by Crippen LogP contribution is 2.24. The number of ether oxygens (including phenoxy) is 1. The molecule has 0 saturated carbocycles. The van der Waals surface area contributed by atoms with Gasteiger partial charge in [0.1, 0.15) is 23.2 Å². The molecule has 0 spiro atoms. The lowest BCUT2D eigenvalue weighted by atomic mass is 10.0. The molecule has 1 heterocycles. The summed E-state index contributed by atoms with van der Waals surface area (Å²) in [5.74, 6) is -4.90. The number of fused-ring (bicyclic) bond motifs is 1. The van der Waals surface area contributed by atoms with Crippen molar-refractivity contribution in [2.75, 3.05) is 0 Å². The molecule has 0 unspecified atom stereocenters. The van der Waals surface area contributed by atoms with Crippen molar-refractivity contribution in [2.45, 2.75) is 39.8 Å². The molecule has 2 N–H and O–H groups in total. The molecule has 0 saturated heterocycles. The molecule has 3 rings (SSSR count). The standard InChI is InChI=1S/C24H24F2N2O4/c1-12(2)21(28-23(30)20-16(25)9-7-10-17(20)26)24(31)32-14(4)22(29)19-13(3)27-18-11-6-5-8-15(18)19/h5-12,14,21,27H,1-4H3,(H,28,30)/t14-,21-/m1/s1. The molecule has 0 aliphatic heterocycles. The second-order valence-corrected chi connectivity index (χ2v) is 7.91. The molecule has 32 heavy (non-hydrogen) atoms. The van der Waals surface area contributed by atoms with Crippen molar-refractivity contribution < 1.29 is 27.9 Å². The minimum atomic E-state index is -1.21. The first-order valence-electron chi connectivity index (χ1n) is 10.2. The number of esters is 1. The molecule has 3 aromatic rings. The van der Waals surface area contributed by atoms with Crippen molar-refractivity contribution in [1.29, 1.82) is 0 Å². The second-order valence-electron chi connectivity index (χ2n) is 7.91. The highest BCUT2D eigenvalue weighted by Gasteiger charge is 2.32. The predicted molar refractivity (Wildman–Crippen MR) is 115 cm³/mol. The number of nitrogens with one attached hydrogen (secondary N) is 2. The molecular formula is C24H24F2N2O4. The van der Waals surface area contributed by atoms with Crippen LogP contribution in [0.25, 0.3) is 10.9 Å². The van der Waals surface area contributed by atoms with Gasteiger partial charge in [-0.05, 0) is 38.0 Å². The minimum absolute atomic E-state index is 0.401. The third kappa shape index (κ3) is 4.54. The molecule has 2 aromatic carbocycles. The molecular weight excluding hydrogens is 418 g/mol. The van der Waals surface area contributed by atoms with Gasteiger partial charge in [0.2, 0.25) is 5.78 Å². The first-order chi connectivity index (χ1) is 15.1. The molecule has 0 aliphatic carbocycles. The first kappa shape index (κ1) is 23.1. The maximum absolute atomic E-state index is 13.9. The van der Waals surface area contributed by atoms with Crippen molar-refractivity contribution in [3.05, 3.63) is 70.9 Å². The van der Waals surface area contributed by atoms with Gasteiger partial charge in [0.15, 0.2) is 6.10 Å². The highest BCUT2D eigenvalue weighted by molar-refractivity contribution is 6.11. The van der Waals surface area contributed by atoms with E-state index in [0.717, 1.165) is 23.7 Å². The number of carbonyl (C=O) groups is 3. The van der Waals surface area contributed by atoms with Gasteiger partial charge in [0.05, 0.1) is 0 Å². The lowest BCUT2D eigenvalue weighted by Gasteiger charge is -2.23. The van der Waals surface area contributed by atoms with E-state index in [1.807, 2.05) is 12.1 Å². The number of aryl methyl sites for hydroxylation is 1. The van der Waals surface area contributed by atoms with Gasteiger partial charge in [-0.25, -0.2) is 13.6 Å². The zero-order chi connectivity index (χ0) is 23.6. The smallest absolute Gasteiger partial charge is 0.329 e. The van der Waals surface area contributed by atoms with Crippen LogP contribution in [0, 0.1) is 24.5 Å². The molecule has 2 atom stereocenters. The largest absolute Gasteiger partial charge is 0.453 e. The number of aromatic amines is 1. The van der Waals surface area contributed by atoms with Gasteiger partial charge in [0.25, 0.3) is 5.91 Å². The summed E-state index contributed by atoms with van der Waals surface area (Å²) in [5.41, 5.74) is 1.05. The maximum Gasteiger partial charge on any atom is 0.329 e. The lowest BCUT2D eigenvalue weighted by molar-refractivity contribution is -0.149. The lowest BCUT2D eigenvalue weighted by Crippen LogP contribution is -2.47. The van der Waals surface area contributed by atoms with Crippen LogP contribution in [0.5, 0.6) is 0 Å². The van der Waals surface area contributed by atoms with Gasteiger partial charge >= 0.3 is 5.97 Å². The molecule has 8 heteroatoms. The van der Waals surface area contributed by atoms with Crippen LogP contribution in [0.4, 0.5) is 8.78 Å². The average Bonchev–Trinajstić information content (AvgIpc) is 3.06. The Hall–Kier alpha value is -3.55. The van der Waals surface area contributed by atoms with Crippen LogP contribution in [0.3, 0.4) is 0 Å². The van der Waals surface area contributed by atoms with Crippen LogP contribution >= 0.6 is 0 Å². The van der Waals surface area contributed by atoms with E-state index in [9.17, 15) is 23.2 Å². The van der Waals surface area contributed by atoms with E-state index in [2.05, 4.69) is 10.3 Å². The maximum atomic E-state index is 13.9. The summed E-state index contributed by atoms with van der Waals surface area (Å²) in [6.07, 6.45) is -1.14. The summed E-state index contributed by atoms with van der Waals surface area (Å²) < 4.78 is 33.2. The normalized spacial score (nSPS) is 13.1. The van der Waals surface area contributed by atoms with Crippen molar-refractivity contribution in [1.82, 2.24) is 10.3 Å². The number of halogens is 2. The number of para-hydroxylation sites is 1. The summed E-state index contributed by atoms with van der Waals surface area (Å²) in [5, 5.41) is 3.03. The number of amides is 1. The van der Waals surface area contributed by atoms with Crippen LogP contribution in [0.15, 0.2) is 42.5 Å². The zero-order valence-corrected chi connectivity index (χ0v) is 18.2. The molecule has 0 radical (unpaired) electrons. The van der Waals surface area contributed by atoms with Crippen molar-refractivity contribution in [2.24, 2.45) is 5.92 Å².